The van der Waals surface area contributed by atoms with Crippen molar-refractivity contribution in [3.63, 3.8) is 0 Å². The summed E-state index contributed by atoms with van der Waals surface area (Å²) < 4.78 is 5.85. The number of hydrogen-bond acceptors (Lipinski definition) is 3. The van der Waals surface area contributed by atoms with Crippen molar-refractivity contribution in [3.8, 4) is 11.5 Å². The quantitative estimate of drug-likeness (QED) is 0.887. The molecular weight excluding hydrogens is 295 g/mol. The number of rotatable bonds is 5. The first-order valence-corrected chi connectivity index (χ1v) is 7.28. The van der Waals surface area contributed by atoms with E-state index in [1.54, 1.807) is 24.5 Å². The maximum absolute atomic E-state index is 6.14. The Morgan fingerprint density at radius 1 is 1.20 bits per heavy atom. The number of ether oxygens (including phenoxy) is 1. The Balaban J connectivity index is 1.80. The van der Waals surface area contributed by atoms with Gasteiger partial charge in [-0.2, -0.15) is 0 Å². The highest BCUT2D eigenvalue weighted by Gasteiger charge is 2.20. The molecule has 0 bridgehead atoms. The second-order valence-corrected chi connectivity index (χ2v) is 5.58. The molecule has 1 aliphatic rings. The number of nitrogens with zero attached hydrogens (tertiary/aromatic N) is 1. The van der Waals surface area contributed by atoms with Gasteiger partial charge in [0.1, 0.15) is 16.5 Å². The molecule has 1 saturated carbocycles. The third kappa shape index (κ3) is 3.23. The lowest BCUT2D eigenvalue weighted by molar-refractivity contribution is 0.470. The molecule has 1 aromatic carbocycles. The summed E-state index contributed by atoms with van der Waals surface area (Å²) in [6.07, 6.45) is 5.96. The summed E-state index contributed by atoms with van der Waals surface area (Å²) in [6, 6.07) is 7.92. The van der Waals surface area contributed by atoms with Gasteiger partial charge in [0.25, 0.3) is 0 Å². The Labute approximate surface area is 127 Å². The zero-order valence-corrected chi connectivity index (χ0v) is 12.3. The summed E-state index contributed by atoms with van der Waals surface area (Å²) in [6.45, 7) is 0.765. The summed E-state index contributed by atoms with van der Waals surface area (Å²) in [5, 5.41) is 4.35. The molecule has 1 heterocycles. The van der Waals surface area contributed by atoms with Crippen molar-refractivity contribution in [2.75, 3.05) is 0 Å². The van der Waals surface area contributed by atoms with Gasteiger partial charge in [-0.15, -0.1) is 0 Å². The monoisotopic (exact) mass is 308 g/mol. The van der Waals surface area contributed by atoms with E-state index in [0.717, 1.165) is 12.1 Å². The van der Waals surface area contributed by atoms with Gasteiger partial charge < -0.3 is 10.1 Å². The van der Waals surface area contributed by atoms with Gasteiger partial charge in [-0.1, -0.05) is 29.3 Å². The first-order valence-electron chi connectivity index (χ1n) is 6.52. The predicted molar refractivity (Wildman–Crippen MR) is 80.6 cm³/mol. The van der Waals surface area contributed by atoms with Gasteiger partial charge in [0, 0.05) is 24.3 Å². The third-order valence-electron chi connectivity index (χ3n) is 3.16. The number of pyridine rings is 1. The van der Waals surface area contributed by atoms with Crippen LogP contribution < -0.4 is 10.1 Å². The smallest absolute Gasteiger partial charge is 0.150 e. The highest BCUT2D eigenvalue weighted by Crippen LogP contribution is 2.35. The SMILES string of the molecule is Clc1cccc(Oc2cnccc2CNC2CC2)c1Cl. The normalized spacial score (nSPS) is 14.3. The molecule has 0 atom stereocenters. The van der Waals surface area contributed by atoms with E-state index in [1.165, 1.54) is 12.8 Å². The Morgan fingerprint density at radius 2 is 2.05 bits per heavy atom. The average Bonchev–Trinajstić information content (AvgIpc) is 3.27. The minimum absolute atomic E-state index is 0.416. The van der Waals surface area contributed by atoms with Crippen LogP contribution in [0.3, 0.4) is 0 Å². The summed E-state index contributed by atoms with van der Waals surface area (Å²) in [7, 11) is 0. The van der Waals surface area contributed by atoms with E-state index in [2.05, 4.69) is 10.3 Å². The van der Waals surface area contributed by atoms with E-state index in [4.69, 9.17) is 27.9 Å². The molecule has 0 amide bonds. The number of nitrogens with one attached hydrogen (secondary N) is 1. The molecule has 20 heavy (non-hydrogen) atoms. The molecule has 0 aliphatic heterocycles. The zero-order valence-electron chi connectivity index (χ0n) is 10.8. The van der Waals surface area contributed by atoms with Gasteiger partial charge in [-0.05, 0) is 31.0 Å². The van der Waals surface area contributed by atoms with Crippen molar-refractivity contribution < 1.29 is 4.74 Å². The van der Waals surface area contributed by atoms with Gasteiger partial charge in [0.05, 0.1) is 11.2 Å². The van der Waals surface area contributed by atoms with Crippen LogP contribution in [0.25, 0.3) is 0 Å². The molecular formula is C15H14Cl2N2O. The van der Waals surface area contributed by atoms with E-state index < -0.39 is 0 Å². The maximum atomic E-state index is 6.14. The van der Waals surface area contributed by atoms with E-state index in [0.29, 0.717) is 27.6 Å². The highest BCUT2D eigenvalue weighted by atomic mass is 35.5. The number of aromatic nitrogens is 1. The van der Waals surface area contributed by atoms with Crippen molar-refractivity contribution in [1.29, 1.82) is 0 Å². The summed E-state index contributed by atoms with van der Waals surface area (Å²) >= 11 is 12.1. The van der Waals surface area contributed by atoms with Crippen LogP contribution in [0.1, 0.15) is 18.4 Å². The van der Waals surface area contributed by atoms with Gasteiger partial charge in [0.2, 0.25) is 0 Å². The molecule has 1 N–H and O–H groups in total. The molecule has 5 heteroatoms. The Bertz CT molecular complexity index is 615. The fraction of sp³-hybridized carbons (Fsp3) is 0.267. The summed E-state index contributed by atoms with van der Waals surface area (Å²) in [5.41, 5.74) is 1.06. The van der Waals surface area contributed by atoms with Gasteiger partial charge >= 0.3 is 0 Å². The molecule has 0 unspecified atom stereocenters. The fourth-order valence-electron chi connectivity index (χ4n) is 1.87. The molecule has 2 aromatic rings. The van der Waals surface area contributed by atoms with Crippen LogP contribution in [0.2, 0.25) is 10.0 Å². The summed E-state index contributed by atoms with van der Waals surface area (Å²) in [5.74, 6) is 1.24. The second-order valence-electron chi connectivity index (χ2n) is 4.79. The van der Waals surface area contributed by atoms with Crippen LogP contribution in [0.4, 0.5) is 0 Å². The van der Waals surface area contributed by atoms with Crippen LogP contribution >= 0.6 is 23.2 Å². The van der Waals surface area contributed by atoms with Crippen LogP contribution in [0, 0.1) is 0 Å². The molecule has 104 valence electrons. The highest BCUT2D eigenvalue weighted by molar-refractivity contribution is 6.42. The molecule has 3 nitrogen and oxygen atoms in total. The van der Waals surface area contributed by atoms with Crippen LogP contribution in [-0.2, 0) is 6.54 Å². The number of halogens is 2. The molecule has 0 radical (unpaired) electrons. The first-order chi connectivity index (χ1) is 9.74. The lowest BCUT2D eigenvalue weighted by Crippen LogP contribution is -2.15. The minimum Gasteiger partial charge on any atom is -0.454 e. The largest absolute Gasteiger partial charge is 0.454 e. The van der Waals surface area contributed by atoms with Gasteiger partial charge in [-0.3, -0.25) is 4.98 Å². The lowest BCUT2D eigenvalue weighted by atomic mass is 10.2. The molecule has 1 fully saturated rings. The molecule has 0 saturated heterocycles. The van der Waals surface area contributed by atoms with Crippen molar-refractivity contribution in [1.82, 2.24) is 10.3 Å². The molecule has 1 aromatic heterocycles. The van der Waals surface area contributed by atoms with Crippen LogP contribution in [0.15, 0.2) is 36.7 Å². The van der Waals surface area contributed by atoms with Crippen LogP contribution in [-0.4, -0.2) is 11.0 Å². The summed E-state index contributed by atoms with van der Waals surface area (Å²) in [4.78, 5) is 4.11. The maximum Gasteiger partial charge on any atom is 0.150 e. The minimum atomic E-state index is 0.416. The van der Waals surface area contributed by atoms with Crippen molar-refractivity contribution >= 4 is 23.2 Å². The van der Waals surface area contributed by atoms with Gasteiger partial charge in [-0.25, -0.2) is 0 Å². The molecule has 3 rings (SSSR count). The Morgan fingerprint density at radius 3 is 2.85 bits per heavy atom. The van der Waals surface area contributed by atoms with Gasteiger partial charge in [0.15, 0.2) is 0 Å². The fourth-order valence-corrected chi connectivity index (χ4v) is 2.20. The zero-order chi connectivity index (χ0) is 13.9. The van der Waals surface area contributed by atoms with Crippen LogP contribution in [0.5, 0.6) is 11.5 Å². The third-order valence-corrected chi connectivity index (χ3v) is 3.97. The predicted octanol–water partition coefficient (Wildman–Crippen LogP) is 4.43. The topological polar surface area (TPSA) is 34.1 Å². The van der Waals surface area contributed by atoms with Crippen molar-refractivity contribution in [2.24, 2.45) is 0 Å². The average molecular weight is 309 g/mol. The number of benzene rings is 1. The standard InChI is InChI=1S/C15H14Cl2N2O/c16-12-2-1-3-13(15(12)17)20-14-9-18-7-6-10(14)8-19-11-4-5-11/h1-3,6-7,9,11,19H,4-5,8H2. The Hall–Kier alpha value is -1.29. The molecule has 0 spiro atoms. The van der Waals surface area contributed by atoms with Crippen molar-refractivity contribution in [2.45, 2.75) is 25.4 Å². The second kappa shape index (κ2) is 6.00. The van der Waals surface area contributed by atoms with E-state index >= 15 is 0 Å². The van der Waals surface area contributed by atoms with E-state index in [-0.39, 0.29) is 0 Å². The Kier molecular flexibility index (Phi) is 4.10. The van der Waals surface area contributed by atoms with E-state index in [9.17, 15) is 0 Å². The van der Waals surface area contributed by atoms with Crippen molar-refractivity contribution in [3.05, 3.63) is 52.3 Å². The lowest BCUT2D eigenvalue weighted by Gasteiger charge is -2.12. The molecule has 1 aliphatic carbocycles. The van der Waals surface area contributed by atoms with E-state index in [1.807, 2.05) is 12.1 Å². The number of hydrogen-bond donors (Lipinski definition) is 1. The first kappa shape index (κ1) is 13.7.